The van der Waals surface area contributed by atoms with Gasteiger partial charge in [0.25, 0.3) is 5.91 Å². The number of benzene rings is 1. The van der Waals surface area contributed by atoms with Crippen molar-refractivity contribution in [1.82, 2.24) is 4.90 Å². The minimum atomic E-state index is -2.36. The van der Waals surface area contributed by atoms with Crippen LogP contribution < -0.4 is 0 Å². The minimum Gasteiger partial charge on any atom is -0.464 e. The second kappa shape index (κ2) is 10.8. The maximum absolute atomic E-state index is 13.6. The maximum atomic E-state index is 13.6. The topological polar surface area (TPSA) is 46.6 Å². The van der Waals surface area contributed by atoms with Crippen LogP contribution in [-0.4, -0.2) is 37.0 Å². The summed E-state index contributed by atoms with van der Waals surface area (Å²) in [6.45, 7) is 1.52. The van der Waals surface area contributed by atoms with E-state index < -0.39 is 53.1 Å². The van der Waals surface area contributed by atoms with Crippen molar-refractivity contribution in [2.75, 3.05) is 20.2 Å². The summed E-state index contributed by atoms with van der Waals surface area (Å²) < 4.78 is 71.6. The van der Waals surface area contributed by atoms with Gasteiger partial charge in [-0.05, 0) is 6.42 Å². The van der Waals surface area contributed by atoms with E-state index in [1.54, 1.807) is 0 Å². The van der Waals surface area contributed by atoms with Gasteiger partial charge in [0.1, 0.15) is 12.1 Å². The standard InChI is InChI=1S/C18H22F5NO3/c1-3-4-5-6-7-8-9-27-11(25)10-24(2)18(26)12-13(19)15(21)17(23)16(22)14(12)20/h3-10H2,1-2H3. The molecule has 0 aromatic heterocycles. The molecule has 0 atom stereocenters. The quantitative estimate of drug-likeness (QED) is 0.194. The summed E-state index contributed by atoms with van der Waals surface area (Å²) in [7, 11) is 0.992. The van der Waals surface area contributed by atoms with Gasteiger partial charge < -0.3 is 9.64 Å². The second-order valence-electron chi connectivity index (χ2n) is 6.09. The summed E-state index contributed by atoms with van der Waals surface area (Å²) in [5.74, 6) is -13.7. The molecule has 27 heavy (non-hydrogen) atoms. The van der Waals surface area contributed by atoms with Crippen molar-refractivity contribution >= 4 is 11.9 Å². The van der Waals surface area contributed by atoms with Crippen molar-refractivity contribution < 1.29 is 36.3 Å². The first-order valence-corrected chi connectivity index (χ1v) is 8.64. The fraction of sp³-hybridized carbons (Fsp3) is 0.556. The number of esters is 1. The van der Waals surface area contributed by atoms with E-state index in [9.17, 15) is 31.5 Å². The van der Waals surface area contributed by atoms with Gasteiger partial charge in [0, 0.05) is 7.05 Å². The number of hydrogen-bond donors (Lipinski definition) is 0. The Morgan fingerprint density at radius 2 is 1.30 bits per heavy atom. The molecule has 0 heterocycles. The Bertz CT molecular complexity index is 652. The van der Waals surface area contributed by atoms with Crippen LogP contribution in [0, 0.1) is 29.1 Å². The first-order chi connectivity index (χ1) is 12.7. The van der Waals surface area contributed by atoms with Gasteiger partial charge in [-0.2, -0.15) is 0 Å². The van der Waals surface area contributed by atoms with Gasteiger partial charge in [0.2, 0.25) is 5.82 Å². The van der Waals surface area contributed by atoms with Gasteiger partial charge in [-0.25, -0.2) is 22.0 Å². The fourth-order valence-corrected chi connectivity index (χ4v) is 2.36. The Kier molecular flexibility index (Phi) is 9.17. The molecule has 1 aromatic rings. The van der Waals surface area contributed by atoms with Crippen LogP contribution in [0.25, 0.3) is 0 Å². The molecule has 0 fully saturated rings. The molecule has 0 aliphatic carbocycles. The Balaban J connectivity index is 2.59. The van der Waals surface area contributed by atoms with Crippen molar-refractivity contribution in [1.29, 1.82) is 0 Å². The molecule has 1 aromatic carbocycles. The van der Waals surface area contributed by atoms with E-state index in [1.807, 2.05) is 0 Å². The summed E-state index contributed by atoms with van der Waals surface area (Å²) >= 11 is 0. The van der Waals surface area contributed by atoms with E-state index in [0.29, 0.717) is 11.3 Å². The lowest BCUT2D eigenvalue weighted by atomic mass is 10.1. The van der Waals surface area contributed by atoms with Crippen molar-refractivity contribution in [2.24, 2.45) is 0 Å². The number of ether oxygens (including phenoxy) is 1. The van der Waals surface area contributed by atoms with Crippen LogP contribution >= 0.6 is 0 Å². The molecule has 0 saturated heterocycles. The Hall–Kier alpha value is -2.19. The third-order valence-corrected chi connectivity index (χ3v) is 3.90. The van der Waals surface area contributed by atoms with E-state index >= 15 is 0 Å². The van der Waals surface area contributed by atoms with Crippen LogP contribution in [0.4, 0.5) is 22.0 Å². The van der Waals surface area contributed by atoms with E-state index in [1.165, 1.54) is 0 Å². The normalized spacial score (nSPS) is 10.8. The third kappa shape index (κ3) is 6.18. The Morgan fingerprint density at radius 1 is 0.815 bits per heavy atom. The molecule has 0 aliphatic rings. The summed E-state index contributed by atoms with van der Waals surface area (Å²) in [4.78, 5) is 24.2. The monoisotopic (exact) mass is 395 g/mol. The number of likely N-dealkylation sites (N-methyl/N-ethyl adjacent to an activating group) is 1. The van der Waals surface area contributed by atoms with Gasteiger partial charge in [-0.15, -0.1) is 0 Å². The van der Waals surface area contributed by atoms with Gasteiger partial charge in [0.15, 0.2) is 23.3 Å². The molecule has 0 spiro atoms. The van der Waals surface area contributed by atoms with Crippen LogP contribution in [0.2, 0.25) is 0 Å². The first-order valence-electron chi connectivity index (χ1n) is 8.64. The molecule has 0 unspecified atom stereocenters. The smallest absolute Gasteiger partial charge is 0.325 e. The number of amides is 1. The van der Waals surface area contributed by atoms with E-state index in [2.05, 4.69) is 6.92 Å². The lowest BCUT2D eigenvalue weighted by Gasteiger charge is -2.17. The summed E-state index contributed by atoms with van der Waals surface area (Å²) in [6, 6.07) is 0. The molecule has 0 bridgehead atoms. The fourth-order valence-electron chi connectivity index (χ4n) is 2.36. The largest absolute Gasteiger partial charge is 0.464 e. The van der Waals surface area contributed by atoms with Crippen molar-refractivity contribution in [2.45, 2.75) is 45.4 Å². The van der Waals surface area contributed by atoms with Crippen LogP contribution in [-0.2, 0) is 9.53 Å². The molecule has 152 valence electrons. The molecule has 0 radical (unpaired) electrons. The molecule has 9 heteroatoms. The van der Waals surface area contributed by atoms with Crippen molar-refractivity contribution in [3.05, 3.63) is 34.6 Å². The number of halogens is 5. The number of unbranched alkanes of at least 4 members (excludes halogenated alkanes) is 5. The Morgan fingerprint density at radius 3 is 1.85 bits per heavy atom. The number of carbonyl (C=O) groups is 2. The zero-order chi connectivity index (χ0) is 20.6. The predicted molar refractivity (Wildman–Crippen MR) is 87.5 cm³/mol. The SMILES string of the molecule is CCCCCCCCOC(=O)CN(C)C(=O)c1c(F)c(F)c(F)c(F)c1F. The number of nitrogens with zero attached hydrogens (tertiary/aromatic N) is 1. The van der Waals surface area contributed by atoms with Gasteiger partial charge >= 0.3 is 5.97 Å². The lowest BCUT2D eigenvalue weighted by Crippen LogP contribution is -2.34. The molecule has 0 saturated carbocycles. The lowest BCUT2D eigenvalue weighted by molar-refractivity contribution is -0.144. The van der Waals surface area contributed by atoms with Gasteiger partial charge in [0.05, 0.1) is 6.61 Å². The molecule has 0 N–H and O–H groups in total. The predicted octanol–water partition coefficient (Wildman–Crippen LogP) is 4.36. The minimum absolute atomic E-state index is 0.121. The van der Waals surface area contributed by atoms with E-state index in [0.717, 1.165) is 39.2 Å². The average Bonchev–Trinajstić information content (AvgIpc) is 2.64. The highest BCUT2D eigenvalue weighted by Crippen LogP contribution is 2.24. The Labute approximate surface area is 154 Å². The first kappa shape index (κ1) is 22.9. The van der Waals surface area contributed by atoms with Gasteiger partial charge in [-0.3, -0.25) is 9.59 Å². The van der Waals surface area contributed by atoms with Gasteiger partial charge in [-0.1, -0.05) is 39.0 Å². The second-order valence-corrected chi connectivity index (χ2v) is 6.09. The number of rotatable bonds is 10. The van der Waals surface area contributed by atoms with E-state index in [4.69, 9.17) is 4.74 Å². The molecule has 4 nitrogen and oxygen atoms in total. The molecule has 1 amide bonds. The van der Waals surface area contributed by atoms with Crippen molar-refractivity contribution in [3.63, 3.8) is 0 Å². The zero-order valence-electron chi connectivity index (χ0n) is 15.2. The van der Waals surface area contributed by atoms with E-state index in [-0.39, 0.29) is 6.61 Å². The zero-order valence-corrected chi connectivity index (χ0v) is 15.2. The molecular formula is C18H22F5NO3. The van der Waals surface area contributed by atoms with Crippen LogP contribution in [0.3, 0.4) is 0 Å². The van der Waals surface area contributed by atoms with Crippen molar-refractivity contribution in [3.8, 4) is 0 Å². The highest BCUT2D eigenvalue weighted by atomic mass is 19.2. The maximum Gasteiger partial charge on any atom is 0.325 e. The van der Waals surface area contributed by atoms with Crippen LogP contribution in [0.1, 0.15) is 55.8 Å². The summed E-state index contributed by atoms with van der Waals surface area (Å²) in [5, 5.41) is 0. The van der Waals surface area contributed by atoms with Crippen LogP contribution in [0.5, 0.6) is 0 Å². The summed E-state index contributed by atoms with van der Waals surface area (Å²) in [5.41, 5.74) is -1.61. The number of carbonyl (C=O) groups excluding carboxylic acids is 2. The third-order valence-electron chi connectivity index (χ3n) is 3.90. The summed E-state index contributed by atoms with van der Waals surface area (Å²) in [6.07, 6.45) is 5.83. The highest BCUT2D eigenvalue weighted by molar-refractivity contribution is 5.96. The highest BCUT2D eigenvalue weighted by Gasteiger charge is 2.31. The molecule has 1 rings (SSSR count). The molecular weight excluding hydrogens is 373 g/mol. The van der Waals surface area contributed by atoms with Crippen LogP contribution in [0.15, 0.2) is 0 Å². The number of hydrogen-bond acceptors (Lipinski definition) is 3. The average molecular weight is 395 g/mol. The molecule has 0 aliphatic heterocycles.